The molecule has 2 heterocycles. The molecule has 0 saturated carbocycles. The van der Waals surface area contributed by atoms with Gasteiger partial charge in [0.2, 0.25) is 5.91 Å². The SMILES string of the molecule is Cc1cccc(Oc2nccnc2N2CCC(C(=O)Nc3ccc(Br)c(F)c3)CC2)c1. The molecule has 6 nitrogen and oxygen atoms in total. The Morgan fingerprint density at radius 1 is 1.16 bits per heavy atom. The normalized spacial score (nSPS) is 14.4. The van der Waals surface area contributed by atoms with E-state index in [1.54, 1.807) is 24.5 Å². The quantitative estimate of drug-likeness (QED) is 0.529. The third-order valence-electron chi connectivity index (χ3n) is 5.20. The van der Waals surface area contributed by atoms with Gasteiger partial charge in [0.1, 0.15) is 11.6 Å². The number of carbonyl (C=O) groups is 1. The number of piperidine rings is 1. The van der Waals surface area contributed by atoms with Crippen LogP contribution in [0.25, 0.3) is 0 Å². The van der Waals surface area contributed by atoms with Crippen LogP contribution in [0.4, 0.5) is 15.9 Å². The molecule has 8 heteroatoms. The van der Waals surface area contributed by atoms with Gasteiger partial charge in [-0.1, -0.05) is 12.1 Å². The zero-order valence-corrected chi connectivity index (χ0v) is 18.6. The number of carbonyl (C=O) groups excluding carboxylic acids is 1. The minimum absolute atomic E-state index is 0.100. The first-order chi connectivity index (χ1) is 15.0. The number of halogens is 2. The van der Waals surface area contributed by atoms with Gasteiger partial charge in [-0.25, -0.2) is 14.4 Å². The zero-order chi connectivity index (χ0) is 21.8. The molecule has 1 aliphatic rings. The van der Waals surface area contributed by atoms with Gasteiger partial charge in [-0.3, -0.25) is 4.79 Å². The van der Waals surface area contributed by atoms with E-state index in [1.165, 1.54) is 6.07 Å². The summed E-state index contributed by atoms with van der Waals surface area (Å²) >= 11 is 3.12. The second-order valence-corrected chi connectivity index (χ2v) is 8.34. The number of ether oxygens (including phenoxy) is 1. The van der Waals surface area contributed by atoms with Crippen LogP contribution in [-0.4, -0.2) is 29.0 Å². The molecule has 0 atom stereocenters. The van der Waals surface area contributed by atoms with Crippen molar-refractivity contribution in [1.29, 1.82) is 0 Å². The van der Waals surface area contributed by atoms with Gasteiger partial charge >= 0.3 is 0 Å². The number of aryl methyl sites for hydroxylation is 1. The number of hydrogen-bond donors (Lipinski definition) is 1. The van der Waals surface area contributed by atoms with Crippen LogP contribution in [0.3, 0.4) is 0 Å². The van der Waals surface area contributed by atoms with Crippen LogP contribution < -0.4 is 15.0 Å². The van der Waals surface area contributed by atoms with Crippen molar-refractivity contribution in [2.45, 2.75) is 19.8 Å². The molecule has 1 aromatic heterocycles. The van der Waals surface area contributed by atoms with E-state index in [9.17, 15) is 9.18 Å². The number of benzene rings is 2. The third kappa shape index (κ3) is 5.19. The van der Waals surface area contributed by atoms with Gasteiger partial charge in [0.25, 0.3) is 5.88 Å². The van der Waals surface area contributed by atoms with Crippen LogP contribution in [0.1, 0.15) is 18.4 Å². The number of nitrogens with one attached hydrogen (secondary N) is 1. The van der Waals surface area contributed by atoms with E-state index in [1.807, 2.05) is 31.2 Å². The Morgan fingerprint density at radius 2 is 1.94 bits per heavy atom. The first-order valence-corrected chi connectivity index (χ1v) is 10.9. The van der Waals surface area contributed by atoms with E-state index < -0.39 is 5.82 Å². The van der Waals surface area contributed by atoms with Crippen LogP contribution >= 0.6 is 15.9 Å². The van der Waals surface area contributed by atoms with E-state index in [-0.39, 0.29) is 11.8 Å². The number of rotatable bonds is 5. The Balaban J connectivity index is 1.39. The van der Waals surface area contributed by atoms with Gasteiger partial charge in [0, 0.05) is 37.1 Å². The molecular formula is C23H22BrFN4O2. The molecule has 1 amide bonds. The highest BCUT2D eigenvalue weighted by Gasteiger charge is 2.27. The van der Waals surface area contributed by atoms with Crippen LogP contribution in [0.2, 0.25) is 0 Å². The Morgan fingerprint density at radius 3 is 2.68 bits per heavy atom. The molecule has 160 valence electrons. The van der Waals surface area contributed by atoms with Crippen LogP contribution in [-0.2, 0) is 4.79 Å². The fourth-order valence-corrected chi connectivity index (χ4v) is 3.82. The molecule has 0 spiro atoms. The Kier molecular flexibility index (Phi) is 6.46. The van der Waals surface area contributed by atoms with E-state index >= 15 is 0 Å². The van der Waals surface area contributed by atoms with Gasteiger partial charge in [-0.2, -0.15) is 0 Å². The smallest absolute Gasteiger partial charge is 0.263 e. The fraction of sp³-hybridized carbons (Fsp3) is 0.261. The van der Waals surface area contributed by atoms with Crippen LogP contribution in [0.5, 0.6) is 11.6 Å². The average molecular weight is 485 g/mol. The average Bonchev–Trinajstić information content (AvgIpc) is 2.77. The monoisotopic (exact) mass is 484 g/mol. The highest BCUT2D eigenvalue weighted by Crippen LogP contribution is 2.31. The molecule has 1 saturated heterocycles. The molecule has 31 heavy (non-hydrogen) atoms. The summed E-state index contributed by atoms with van der Waals surface area (Å²) in [5, 5.41) is 2.81. The molecule has 0 aliphatic carbocycles. The zero-order valence-electron chi connectivity index (χ0n) is 17.0. The summed E-state index contributed by atoms with van der Waals surface area (Å²) in [6.07, 6.45) is 4.56. The number of hydrogen-bond acceptors (Lipinski definition) is 5. The Labute approximate surface area is 188 Å². The largest absolute Gasteiger partial charge is 0.436 e. The number of aromatic nitrogens is 2. The predicted molar refractivity (Wildman–Crippen MR) is 121 cm³/mol. The maximum atomic E-state index is 13.7. The topological polar surface area (TPSA) is 67.4 Å². The summed E-state index contributed by atoms with van der Waals surface area (Å²) in [6, 6.07) is 12.3. The number of anilines is 2. The lowest BCUT2D eigenvalue weighted by Gasteiger charge is -2.32. The van der Waals surface area contributed by atoms with Crippen molar-refractivity contribution in [2.75, 3.05) is 23.3 Å². The molecular weight excluding hydrogens is 463 g/mol. The van der Waals surface area contributed by atoms with Crippen molar-refractivity contribution in [3.8, 4) is 11.6 Å². The molecule has 0 radical (unpaired) electrons. The molecule has 4 rings (SSSR count). The van der Waals surface area contributed by atoms with Gasteiger partial charge in [0.15, 0.2) is 5.82 Å². The van der Waals surface area contributed by atoms with E-state index in [0.29, 0.717) is 53.5 Å². The molecule has 2 aromatic carbocycles. The summed E-state index contributed by atoms with van der Waals surface area (Å²) < 4.78 is 20.0. The van der Waals surface area contributed by atoms with Crippen molar-refractivity contribution in [1.82, 2.24) is 9.97 Å². The van der Waals surface area contributed by atoms with Gasteiger partial charge in [0.05, 0.1) is 4.47 Å². The summed E-state index contributed by atoms with van der Waals surface area (Å²) in [6.45, 7) is 3.30. The third-order valence-corrected chi connectivity index (χ3v) is 5.85. The van der Waals surface area contributed by atoms with Crippen molar-refractivity contribution in [3.63, 3.8) is 0 Å². The van der Waals surface area contributed by atoms with E-state index in [0.717, 1.165) is 5.56 Å². The lowest BCUT2D eigenvalue weighted by Crippen LogP contribution is -2.38. The molecule has 1 aliphatic heterocycles. The number of nitrogens with zero attached hydrogens (tertiary/aromatic N) is 3. The van der Waals surface area contributed by atoms with E-state index in [2.05, 4.69) is 36.1 Å². The lowest BCUT2D eigenvalue weighted by atomic mass is 9.96. The van der Waals surface area contributed by atoms with Crippen molar-refractivity contribution >= 4 is 33.3 Å². The second-order valence-electron chi connectivity index (χ2n) is 7.48. The van der Waals surface area contributed by atoms with Crippen molar-refractivity contribution in [3.05, 3.63) is 70.7 Å². The lowest BCUT2D eigenvalue weighted by molar-refractivity contribution is -0.120. The van der Waals surface area contributed by atoms with Crippen LogP contribution in [0.15, 0.2) is 59.3 Å². The van der Waals surface area contributed by atoms with Crippen LogP contribution in [0, 0.1) is 18.7 Å². The molecule has 1 fully saturated rings. The predicted octanol–water partition coefficient (Wildman–Crippen LogP) is 5.33. The minimum Gasteiger partial charge on any atom is -0.436 e. The minimum atomic E-state index is -0.406. The maximum absolute atomic E-state index is 13.7. The second kappa shape index (κ2) is 9.43. The first kappa shape index (κ1) is 21.2. The van der Waals surface area contributed by atoms with Gasteiger partial charge in [-0.05, 0) is 71.6 Å². The summed E-state index contributed by atoms with van der Waals surface area (Å²) in [4.78, 5) is 23.5. The highest BCUT2D eigenvalue weighted by atomic mass is 79.9. The fourth-order valence-electron chi connectivity index (χ4n) is 3.57. The molecule has 0 unspecified atom stereocenters. The maximum Gasteiger partial charge on any atom is 0.263 e. The summed E-state index contributed by atoms with van der Waals surface area (Å²) in [7, 11) is 0. The highest BCUT2D eigenvalue weighted by molar-refractivity contribution is 9.10. The number of amides is 1. The molecule has 1 N–H and O–H groups in total. The standard InChI is InChI=1S/C23H22BrFN4O2/c1-15-3-2-4-18(13-15)31-23-21(26-9-10-27-23)29-11-7-16(8-12-29)22(30)28-17-5-6-19(24)20(25)14-17/h2-6,9-10,13-14,16H,7-8,11-12H2,1H3,(H,28,30). The molecule has 3 aromatic rings. The molecule has 0 bridgehead atoms. The van der Waals surface area contributed by atoms with Crippen molar-refractivity contribution in [2.24, 2.45) is 5.92 Å². The van der Waals surface area contributed by atoms with Gasteiger partial charge in [-0.15, -0.1) is 0 Å². The first-order valence-electron chi connectivity index (χ1n) is 10.1. The Hall–Kier alpha value is -3.00. The van der Waals surface area contributed by atoms with Gasteiger partial charge < -0.3 is 15.0 Å². The summed E-state index contributed by atoms with van der Waals surface area (Å²) in [5.74, 6) is 1.16. The van der Waals surface area contributed by atoms with Crippen molar-refractivity contribution < 1.29 is 13.9 Å². The summed E-state index contributed by atoms with van der Waals surface area (Å²) in [5.41, 5.74) is 1.55. The van der Waals surface area contributed by atoms with E-state index in [4.69, 9.17) is 4.74 Å². The Bertz CT molecular complexity index is 1090.